The van der Waals surface area contributed by atoms with Crippen molar-refractivity contribution in [1.82, 2.24) is 19.2 Å². The summed E-state index contributed by atoms with van der Waals surface area (Å²) in [6.45, 7) is 2.94. The first-order chi connectivity index (χ1) is 14.1. The molecule has 3 heterocycles. The van der Waals surface area contributed by atoms with Gasteiger partial charge in [0.1, 0.15) is 6.54 Å². The van der Waals surface area contributed by atoms with Gasteiger partial charge in [0.25, 0.3) is 5.91 Å². The Morgan fingerprint density at radius 3 is 2.63 bits per heavy atom. The maximum absolute atomic E-state index is 13.4. The third kappa shape index (κ3) is 3.74. The van der Waals surface area contributed by atoms with Crippen LogP contribution in [0.25, 0.3) is 0 Å². The Kier molecular flexibility index (Phi) is 4.95. The van der Waals surface area contributed by atoms with Crippen molar-refractivity contribution in [3.8, 4) is 0 Å². The lowest BCUT2D eigenvalue weighted by Crippen LogP contribution is -2.38. The highest BCUT2D eigenvalue weighted by Gasteiger charge is 2.33. The molecule has 4 rings (SSSR count). The number of amides is 1. The minimum absolute atomic E-state index is 0.0359. The molecule has 0 saturated carbocycles. The third-order valence-electron chi connectivity index (χ3n) is 5.75. The van der Waals surface area contributed by atoms with E-state index in [1.165, 1.54) is 0 Å². The van der Waals surface area contributed by atoms with Gasteiger partial charge >= 0.3 is 6.18 Å². The maximum atomic E-state index is 13.4. The summed E-state index contributed by atoms with van der Waals surface area (Å²) in [5.41, 5.74) is 4.28. The van der Waals surface area contributed by atoms with Crippen molar-refractivity contribution in [3.63, 3.8) is 0 Å². The van der Waals surface area contributed by atoms with Crippen LogP contribution in [0.1, 0.15) is 44.4 Å². The number of fused-ring (bicyclic) bond motifs is 1. The highest BCUT2D eigenvalue weighted by atomic mass is 19.4. The molecule has 0 saturated heterocycles. The normalized spacial score (nSPS) is 16.6. The summed E-state index contributed by atoms with van der Waals surface area (Å²) in [7, 11) is 1.84. The number of hydrogen-bond donors (Lipinski definition) is 0. The van der Waals surface area contributed by atoms with Crippen LogP contribution in [-0.2, 0) is 20.1 Å². The highest BCUT2D eigenvalue weighted by molar-refractivity contribution is 5.96. The van der Waals surface area contributed by atoms with Gasteiger partial charge in [-0.25, -0.2) is 0 Å². The molecule has 1 aliphatic heterocycles. The maximum Gasteiger partial charge on any atom is 0.406 e. The molecule has 1 aromatic carbocycles. The van der Waals surface area contributed by atoms with E-state index in [0.29, 0.717) is 30.0 Å². The molecule has 5 nitrogen and oxygen atoms in total. The monoisotopic (exact) mass is 416 g/mol. The van der Waals surface area contributed by atoms with Crippen molar-refractivity contribution in [2.75, 3.05) is 6.54 Å². The minimum Gasteiger partial charge on any atom is -0.339 e. The van der Waals surface area contributed by atoms with E-state index in [2.05, 4.69) is 11.2 Å². The van der Waals surface area contributed by atoms with Gasteiger partial charge < -0.3 is 9.47 Å². The molecule has 1 unspecified atom stereocenters. The largest absolute Gasteiger partial charge is 0.406 e. The number of hydrogen-bond acceptors (Lipinski definition) is 2. The van der Waals surface area contributed by atoms with Gasteiger partial charge in [-0.3, -0.25) is 9.48 Å². The number of aryl methyl sites for hydroxylation is 2. The highest BCUT2D eigenvalue weighted by Crippen LogP contribution is 2.34. The average molecular weight is 416 g/mol. The van der Waals surface area contributed by atoms with Gasteiger partial charge in [0, 0.05) is 43.6 Å². The molecule has 0 bridgehead atoms. The van der Waals surface area contributed by atoms with Gasteiger partial charge in [0.2, 0.25) is 0 Å². The van der Waals surface area contributed by atoms with Crippen LogP contribution >= 0.6 is 0 Å². The fourth-order valence-corrected chi connectivity index (χ4v) is 4.28. The van der Waals surface area contributed by atoms with Gasteiger partial charge in [-0.05, 0) is 36.6 Å². The van der Waals surface area contributed by atoms with E-state index in [9.17, 15) is 18.0 Å². The summed E-state index contributed by atoms with van der Waals surface area (Å²) in [4.78, 5) is 15.1. The van der Waals surface area contributed by atoms with Crippen LogP contribution in [0.15, 0.2) is 42.7 Å². The summed E-state index contributed by atoms with van der Waals surface area (Å²) in [5, 5.41) is 4.26. The summed E-state index contributed by atoms with van der Waals surface area (Å²) >= 11 is 0. The Labute approximate surface area is 172 Å². The second-order valence-corrected chi connectivity index (χ2v) is 7.87. The van der Waals surface area contributed by atoms with Crippen molar-refractivity contribution >= 4 is 5.91 Å². The minimum atomic E-state index is -4.34. The molecular formula is C22H23F3N4O. The summed E-state index contributed by atoms with van der Waals surface area (Å²) in [6, 6.07) is 9.52. The molecule has 1 aliphatic rings. The predicted molar refractivity (Wildman–Crippen MR) is 106 cm³/mol. The molecule has 2 aromatic heterocycles. The van der Waals surface area contributed by atoms with E-state index >= 15 is 0 Å². The van der Waals surface area contributed by atoms with Crippen LogP contribution in [0.4, 0.5) is 13.2 Å². The molecule has 3 aromatic rings. The molecule has 158 valence electrons. The number of aromatic nitrogens is 3. The SMILES string of the molecule is Cc1cc(C(=O)N2Cc3ccccc3C(c3cnn(C)c3)C2)c(C)n1CC(F)(F)F. The van der Waals surface area contributed by atoms with Gasteiger partial charge in [-0.15, -0.1) is 0 Å². The predicted octanol–water partition coefficient (Wildman–Crippen LogP) is 4.19. The molecular weight excluding hydrogens is 393 g/mol. The Bertz CT molecular complexity index is 1100. The first-order valence-electron chi connectivity index (χ1n) is 9.73. The van der Waals surface area contributed by atoms with Gasteiger partial charge in [-0.2, -0.15) is 18.3 Å². The molecule has 0 N–H and O–H groups in total. The lowest BCUT2D eigenvalue weighted by Gasteiger charge is -2.34. The number of carbonyl (C=O) groups is 1. The fourth-order valence-electron chi connectivity index (χ4n) is 4.28. The van der Waals surface area contributed by atoms with Crippen LogP contribution in [0.3, 0.4) is 0 Å². The second kappa shape index (κ2) is 7.34. The van der Waals surface area contributed by atoms with E-state index in [1.807, 2.05) is 31.4 Å². The van der Waals surface area contributed by atoms with Crippen molar-refractivity contribution in [1.29, 1.82) is 0 Å². The first-order valence-corrected chi connectivity index (χ1v) is 9.73. The zero-order chi connectivity index (χ0) is 21.6. The molecule has 1 amide bonds. The summed E-state index contributed by atoms with van der Waals surface area (Å²) < 4.78 is 41.7. The fraction of sp³-hybridized carbons (Fsp3) is 0.364. The molecule has 30 heavy (non-hydrogen) atoms. The van der Waals surface area contributed by atoms with Crippen LogP contribution < -0.4 is 0 Å². The van der Waals surface area contributed by atoms with Crippen molar-refractivity contribution < 1.29 is 18.0 Å². The Morgan fingerprint density at radius 1 is 1.23 bits per heavy atom. The van der Waals surface area contributed by atoms with E-state index in [0.717, 1.165) is 21.3 Å². The molecule has 8 heteroatoms. The first kappa shape index (κ1) is 20.3. The Hall–Kier alpha value is -3.03. The quantitative estimate of drug-likeness (QED) is 0.643. The number of carbonyl (C=O) groups excluding carboxylic acids is 1. The van der Waals surface area contributed by atoms with E-state index < -0.39 is 12.7 Å². The lowest BCUT2D eigenvalue weighted by atomic mass is 9.86. The zero-order valence-electron chi connectivity index (χ0n) is 17.1. The molecule has 0 spiro atoms. The van der Waals surface area contributed by atoms with Crippen molar-refractivity contribution in [3.05, 3.63) is 76.4 Å². The molecule has 0 fully saturated rings. The van der Waals surface area contributed by atoms with Crippen LogP contribution in [0, 0.1) is 13.8 Å². The molecule has 0 radical (unpaired) electrons. The van der Waals surface area contributed by atoms with E-state index in [4.69, 9.17) is 0 Å². The lowest BCUT2D eigenvalue weighted by molar-refractivity contribution is -0.141. The smallest absolute Gasteiger partial charge is 0.339 e. The second-order valence-electron chi connectivity index (χ2n) is 7.87. The van der Waals surface area contributed by atoms with Crippen molar-refractivity contribution in [2.24, 2.45) is 7.05 Å². The van der Waals surface area contributed by atoms with E-state index in [-0.39, 0.29) is 11.8 Å². The number of halogens is 3. The van der Waals surface area contributed by atoms with Gasteiger partial charge in [0.05, 0.1) is 11.8 Å². The summed E-state index contributed by atoms with van der Waals surface area (Å²) in [6.07, 6.45) is -0.612. The van der Waals surface area contributed by atoms with Crippen molar-refractivity contribution in [2.45, 2.75) is 39.0 Å². The Balaban J connectivity index is 1.68. The standard InChI is InChI=1S/C22H23F3N4O/c1-14-8-19(15(2)29(14)13-22(23,24)25)21(30)28-11-16-6-4-5-7-18(16)20(12-28)17-9-26-27(3)10-17/h4-10,20H,11-13H2,1-3H3. The van der Waals surface area contributed by atoms with Gasteiger partial charge in [0.15, 0.2) is 0 Å². The van der Waals surface area contributed by atoms with E-state index in [1.54, 1.807) is 35.7 Å². The topological polar surface area (TPSA) is 43.1 Å². The zero-order valence-corrected chi connectivity index (χ0v) is 17.1. The molecule has 0 aliphatic carbocycles. The number of alkyl halides is 3. The third-order valence-corrected chi connectivity index (χ3v) is 5.75. The average Bonchev–Trinajstić information content (AvgIpc) is 3.24. The van der Waals surface area contributed by atoms with Crippen LogP contribution in [0.5, 0.6) is 0 Å². The number of benzene rings is 1. The Morgan fingerprint density at radius 2 is 1.97 bits per heavy atom. The number of rotatable bonds is 3. The number of nitrogens with zero attached hydrogens (tertiary/aromatic N) is 4. The van der Waals surface area contributed by atoms with Crippen LogP contribution in [0.2, 0.25) is 0 Å². The van der Waals surface area contributed by atoms with Gasteiger partial charge in [-0.1, -0.05) is 24.3 Å². The van der Waals surface area contributed by atoms with Crippen LogP contribution in [-0.4, -0.2) is 37.9 Å². The summed E-state index contributed by atoms with van der Waals surface area (Å²) in [5.74, 6) is -0.286. The molecule has 1 atom stereocenters.